The average molecular weight is 439 g/mol. The van der Waals surface area contributed by atoms with Crippen LogP contribution >= 0.6 is 11.3 Å². The summed E-state index contributed by atoms with van der Waals surface area (Å²) in [5, 5.41) is 5.08. The van der Waals surface area contributed by atoms with Gasteiger partial charge in [-0.2, -0.15) is 0 Å². The number of carbonyl (C=O) groups excluding carboxylic acids is 1. The summed E-state index contributed by atoms with van der Waals surface area (Å²) in [6, 6.07) is 22.2. The van der Waals surface area contributed by atoms with Crippen LogP contribution < -0.4 is 10.1 Å². The van der Waals surface area contributed by atoms with E-state index in [0.29, 0.717) is 32.8 Å². The summed E-state index contributed by atoms with van der Waals surface area (Å²) in [4.78, 5) is 15.9. The molecule has 3 rings (SSSR count). The Hall–Kier alpha value is -2.67. The van der Waals surface area contributed by atoms with Gasteiger partial charge in [-0.05, 0) is 29.5 Å². The Morgan fingerprint density at radius 2 is 1.81 bits per heavy atom. The molecule has 0 fully saturated rings. The lowest BCUT2D eigenvalue weighted by molar-refractivity contribution is -0.122. The third-order valence-corrected chi connectivity index (χ3v) is 5.67. The van der Waals surface area contributed by atoms with Crippen molar-refractivity contribution < 1.29 is 14.3 Å². The molecule has 164 valence electrons. The minimum Gasteiger partial charge on any atom is -0.496 e. The molecule has 0 aliphatic heterocycles. The van der Waals surface area contributed by atoms with E-state index >= 15 is 0 Å². The smallest absolute Gasteiger partial charge is 0.234 e. The summed E-state index contributed by atoms with van der Waals surface area (Å²) in [6.07, 6.45) is 0.788. The Kier molecular flexibility index (Phi) is 9.57. The lowest BCUT2D eigenvalue weighted by Crippen LogP contribution is -2.37. The molecule has 0 atom stereocenters. The molecule has 0 unspecified atom stereocenters. The maximum atomic E-state index is 12.6. The quantitative estimate of drug-likeness (QED) is 0.400. The lowest BCUT2D eigenvalue weighted by Gasteiger charge is -2.22. The minimum atomic E-state index is 0.0227. The van der Waals surface area contributed by atoms with Gasteiger partial charge in [-0.1, -0.05) is 54.6 Å². The van der Waals surface area contributed by atoms with Crippen LogP contribution in [0, 0.1) is 0 Å². The van der Waals surface area contributed by atoms with Crippen molar-refractivity contribution in [3.05, 3.63) is 88.1 Å². The van der Waals surface area contributed by atoms with Crippen LogP contribution in [0.1, 0.15) is 22.4 Å². The Morgan fingerprint density at radius 1 is 1.00 bits per heavy atom. The number of ether oxygens (including phenoxy) is 2. The van der Waals surface area contributed by atoms with Crippen LogP contribution in [0.5, 0.6) is 5.75 Å². The molecule has 5 nitrogen and oxygen atoms in total. The first-order valence-electron chi connectivity index (χ1n) is 10.5. The van der Waals surface area contributed by atoms with Crippen LogP contribution in [0.3, 0.4) is 0 Å². The number of carbonyl (C=O) groups is 1. The molecule has 3 aromatic rings. The minimum absolute atomic E-state index is 0.0227. The van der Waals surface area contributed by atoms with Crippen LogP contribution in [0.15, 0.2) is 72.1 Å². The van der Waals surface area contributed by atoms with Gasteiger partial charge in [0.15, 0.2) is 0 Å². The number of nitrogens with one attached hydrogen (secondary N) is 1. The van der Waals surface area contributed by atoms with Gasteiger partial charge < -0.3 is 14.8 Å². The fraction of sp³-hybridized carbons (Fsp3) is 0.320. The molecule has 6 heteroatoms. The molecule has 1 amide bonds. The number of nitrogens with zero attached hydrogens (tertiary/aromatic N) is 1. The van der Waals surface area contributed by atoms with Crippen molar-refractivity contribution in [2.24, 2.45) is 0 Å². The number of para-hydroxylation sites is 1. The maximum Gasteiger partial charge on any atom is 0.234 e. The second-order valence-corrected chi connectivity index (χ2v) is 8.31. The van der Waals surface area contributed by atoms with Gasteiger partial charge in [0, 0.05) is 36.7 Å². The number of rotatable bonds is 13. The summed E-state index contributed by atoms with van der Waals surface area (Å²) in [6.45, 7) is 3.53. The molecule has 0 aliphatic carbocycles. The normalized spacial score (nSPS) is 10.9. The van der Waals surface area contributed by atoms with E-state index < -0.39 is 0 Å². The van der Waals surface area contributed by atoms with E-state index in [1.54, 1.807) is 18.4 Å². The standard InChI is InChI=1S/C25H30N2O3S/c1-29-24-13-6-5-11-22(24)17-27(18-23-12-7-16-31-23)19-25(28)26-14-8-15-30-20-21-9-3-2-4-10-21/h2-7,9-13,16H,8,14-15,17-20H2,1H3,(H,26,28). The van der Waals surface area contributed by atoms with E-state index in [9.17, 15) is 4.79 Å². The summed E-state index contributed by atoms with van der Waals surface area (Å²) < 4.78 is 11.2. The number of thiophene rings is 1. The van der Waals surface area contributed by atoms with E-state index in [2.05, 4.69) is 21.7 Å². The molecule has 0 spiro atoms. The molecule has 2 aromatic carbocycles. The van der Waals surface area contributed by atoms with E-state index in [4.69, 9.17) is 9.47 Å². The zero-order valence-electron chi connectivity index (χ0n) is 18.0. The number of amides is 1. The van der Waals surface area contributed by atoms with Crippen LogP contribution in [0.2, 0.25) is 0 Å². The maximum absolute atomic E-state index is 12.6. The first-order chi connectivity index (χ1) is 15.2. The van der Waals surface area contributed by atoms with Crippen LogP contribution in [-0.2, 0) is 29.2 Å². The monoisotopic (exact) mass is 438 g/mol. The second-order valence-electron chi connectivity index (χ2n) is 7.28. The highest BCUT2D eigenvalue weighted by Gasteiger charge is 2.14. The Labute approximate surface area is 188 Å². The topological polar surface area (TPSA) is 50.8 Å². The van der Waals surface area contributed by atoms with E-state index in [1.165, 1.54) is 4.88 Å². The highest BCUT2D eigenvalue weighted by atomic mass is 32.1. The molecule has 0 aliphatic rings. The highest BCUT2D eigenvalue weighted by Crippen LogP contribution is 2.21. The number of benzene rings is 2. The summed E-state index contributed by atoms with van der Waals surface area (Å²) in [7, 11) is 1.68. The largest absolute Gasteiger partial charge is 0.496 e. The molecule has 1 aromatic heterocycles. The predicted molar refractivity (Wildman–Crippen MR) is 125 cm³/mol. The van der Waals surface area contributed by atoms with Crippen molar-refractivity contribution in [1.29, 1.82) is 0 Å². The summed E-state index contributed by atoms with van der Waals surface area (Å²) in [5.41, 5.74) is 2.23. The molecule has 0 saturated heterocycles. The van der Waals surface area contributed by atoms with Crippen LogP contribution in [0.4, 0.5) is 0 Å². The molecule has 1 N–H and O–H groups in total. The fourth-order valence-corrected chi connectivity index (χ4v) is 4.04. The van der Waals surface area contributed by atoms with Gasteiger partial charge in [-0.3, -0.25) is 9.69 Å². The fourth-order valence-electron chi connectivity index (χ4n) is 3.29. The third kappa shape index (κ3) is 8.17. The van der Waals surface area contributed by atoms with Crippen molar-refractivity contribution in [1.82, 2.24) is 10.2 Å². The first-order valence-corrected chi connectivity index (χ1v) is 11.4. The molecule has 31 heavy (non-hydrogen) atoms. The van der Waals surface area contributed by atoms with Crippen molar-refractivity contribution in [2.45, 2.75) is 26.1 Å². The molecular formula is C25H30N2O3S. The summed E-state index contributed by atoms with van der Waals surface area (Å²) >= 11 is 1.70. The molecular weight excluding hydrogens is 408 g/mol. The van der Waals surface area contributed by atoms with E-state index in [1.807, 2.05) is 60.7 Å². The molecule has 0 saturated carbocycles. The van der Waals surface area contributed by atoms with Crippen molar-refractivity contribution >= 4 is 17.2 Å². The van der Waals surface area contributed by atoms with Gasteiger partial charge in [0.1, 0.15) is 5.75 Å². The van der Waals surface area contributed by atoms with Gasteiger partial charge in [0.05, 0.1) is 20.3 Å². The van der Waals surface area contributed by atoms with Gasteiger partial charge in [-0.15, -0.1) is 11.3 Å². The lowest BCUT2D eigenvalue weighted by atomic mass is 10.2. The van der Waals surface area contributed by atoms with E-state index in [-0.39, 0.29) is 5.91 Å². The van der Waals surface area contributed by atoms with Gasteiger partial charge >= 0.3 is 0 Å². The van der Waals surface area contributed by atoms with Crippen molar-refractivity contribution in [3.8, 4) is 5.75 Å². The molecule has 0 radical (unpaired) electrons. The zero-order valence-corrected chi connectivity index (χ0v) is 18.8. The Balaban J connectivity index is 1.44. The van der Waals surface area contributed by atoms with Gasteiger partial charge in [0.2, 0.25) is 5.91 Å². The Morgan fingerprint density at radius 3 is 2.58 bits per heavy atom. The Bertz CT molecular complexity index is 900. The van der Waals surface area contributed by atoms with E-state index in [0.717, 1.165) is 29.8 Å². The van der Waals surface area contributed by atoms with Gasteiger partial charge in [0.25, 0.3) is 0 Å². The number of methoxy groups -OCH3 is 1. The third-order valence-electron chi connectivity index (χ3n) is 4.81. The highest BCUT2D eigenvalue weighted by molar-refractivity contribution is 7.09. The second kappa shape index (κ2) is 12.9. The summed E-state index contributed by atoms with van der Waals surface area (Å²) in [5.74, 6) is 0.865. The first kappa shape index (κ1) is 23.0. The van der Waals surface area contributed by atoms with Crippen LogP contribution in [0.25, 0.3) is 0 Å². The number of hydrogen-bond acceptors (Lipinski definition) is 5. The van der Waals surface area contributed by atoms with Crippen molar-refractivity contribution in [2.75, 3.05) is 26.8 Å². The zero-order chi connectivity index (χ0) is 21.7. The molecule has 0 bridgehead atoms. The van der Waals surface area contributed by atoms with Crippen molar-refractivity contribution in [3.63, 3.8) is 0 Å². The van der Waals surface area contributed by atoms with Gasteiger partial charge in [-0.25, -0.2) is 0 Å². The molecule has 1 heterocycles. The SMILES string of the molecule is COc1ccccc1CN(CC(=O)NCCCOCc1ccccc1)Cc1cccs1. The average Bonchev–Trinajstić information content (AvgIpc) is 3.30. The predicted octanol–water partition coefficient (Wildman–Crippen LogP) is 4.48. The van der Waals surface area contributed by atoms with Crippen LogP contribution in [-0.4, -0.2) is 37.6 Å². The number of hydrogen-bond donors (Lipinski definition) is 1.